The normalized spacial score (nSPS) is 14.2. The van der Waals surface area contributed by atoms with Crippen LogP contribution in [-0.4, -0.2) is 55.0 Å². The van der Waals surface area contributed by atoms with Crippen molar-refractivity contribution >= 4 is 46.2 Å². The number of aromatic nitrogens is 5. The fourth-order valence-corrected chi connectivity index (χ4v) is 6.54. The molecule has 0 aliphatic carbocycles. The van der Waals surface area contributed by atoms with E-state index in [1.54, 1.807) is 17.8 Å². The van der Waals surface area contributed by atoms with Gasteiger partial charge in [0, 0.05) is 42.5 Å². The molecule has 0 spiro atoms. The molecule has 222 valence electrons. The number of rotatable bonds is 7. The smallest absolute Gasteiger partial charge is 0.433 e. The van der Waals surface area contributed by atoms with E-state index < -0.39 is 12.1 Å². The van der Waals surface area contributed by atoms with Gasteiger partial charge in [-0.25, -0.2) is 4.98 Å². The van der Waals surface area contributed by atoms with Gasteiger partial charge in [0.1, 0.15) is 5.52 Å². The van der Waals surface area contributed by atoms with Crippen LogP contribution in [0.4, 0.5) is 13.2 Å². The lowest BCUT2D eigenvalue weighted by Gasteiger charge is -2.19. The molecule has 0 saturated heterocycles. The van der Waals surface area contributed by atoms with Gasteiger partial charge in [-0.3, -0.25) is 4.98 Å². The van der Waals surface area contributed by atoms with Gasteiger partial charge in [-0.1, -0.05) is 30.0 Å². The molecule has 42 heavy (non-hydrogen) atoms. The molecule has 1 aliphatic heterocycles. The van der Waals surface area contributed by atoms with Gasteiger partial charge < -0.3 is 13.9 Å². The predicted octanol–water partition coefficient (Wildman–Crippen LogP) is 7.20. The maximum absolute atomic E-state index is 13.1. The van der Waals surface area contributed by atoms with E-state index in [9.17, 15) is 13.2 Å². The number of alkyl halides is 3. The van der Waals surface area contributed by atoms with E-state index in [4.69, 9.17) is 4.42 Å². The highest BCUT2D eigenvalue weighted by Gasteiger charge is 2.38. The van der Waals surface area contributed by atoms with Gasteiger partial charge in [0.25, 0.3) is 0 Å². The number of hydrogen-bond donors (Lipinski definition) is 0. The molecule has 0 radical (unpaired) electrons. The minimum Gasteiger partial charge on any atom is -0.433 e. The number of benzene rings is 2. The monoisotopic (exact) mass is 616 g/mol. The highest BCUT2D eigenvalue weighted by Crippen LogP contribution is 2.35. The van der Waals surface area contributed by atoms with Gasteiger partial charge in [0.15, 0.2) is 16.6 Å². The number of nitrogens with zero attached hydrogens (tertiary/aromatic N) is 6. The summed E-state index contributed by atoms with van der Waals surface area (Å²) in [6.07, 6.45) is -0.899. The summed E-state index contributed by atoms with van der Waals surface area (Å²) in [5.74, 6) is 0.604. The molecule has 6 rings (SSSR count). The first-order valence-corrected chi connectivity index (χ1v) is 14.8. The topological polar surface area (TPSA) is 72.9 Å². The van der Waals surface area contributed by atoms with Crippen LogP contribution in [-0.2, 0) is 26.1 Å². The second kappa shape index (κ2) is 12.2. The number of fused-ring (bicyclic) bond motifs is 3. The third kappa shape index (κ3) is 6.00. The van der Waals surface area contributed by atoms with Gasteiger partial charge >= 0.3 is 12.1 Å². The van der Waals surface area contributed by atoms with Crippen LogP contribution < -0.4 is 0 Å². The van der Waals surface area contributed by atoms with Gasteiger partial charge in [-0.05, 0) is 81.0 Å². The minimum absolute atomic E-state index is 0. The zero-order valence-corrected chi connectivity index (χ0v) is 25.3. The summed E-state index contributed by atoms with van der Waals surface area (Å²) in [5.41, 5.74) is 6.45. The quantitative estimate of drug-likeness (QED) is 0.141. The van der Waals surface area contributed by atoms with Crippen molar-refractivity contribution in [2.75, 3.05) is 25.4 Å². The largest absolute Gasteiger partial charge is 0.468 e. The van der Waals surface area contributed by atoms with Crippen molar-refractivity contribution in [1.29, 1.82) is 0 Å². The standard InChI is InChI=1S/C30H31F3N6OS.ClH/c1-18-9-10-22-23(7-6-8-24(22)34-18)27-36-37-29(38(27)3)41-16-5-4-13-39-14-11-20-17-25-26(19(2)21(20)12-15-39)40-28(35-25)30(31,32)33;/h6-10,17H,4-5,11-16H2,1-3H3;1H. The van der Waals surface area contributed by atoms with E-state index in [-0.39, 0.29) is 23.5 Å². The number of oxazole rings is 1. The first-order valence-electron chi connectivity index (χ1n) is 13.8. The second-order valence-corrected chi connectivity index (χ2v) is 11.7. The first-order chi connectivity index (χ1) is 19.7. The van der Waals surface area contributed by atoms with Crippen molar-refractivity contribution in [3.63, 3.8) is 0 Å². The summed E-state index contributed by atoms with van der Waals surface area (Å²) >= 11 is 1.72. The Morgan fingerprint density at radius 3 is 2.60 bits per heavy atom. The zero-order valence-electron chi connectivity index (χ0n) is 23.7. The second-order valence-electron chi connectivity index (χ2n) is 10.6. The molecule has 0 atom stereocenters. The van der Waals surface area contributed by atoms with E-state index in [0.717, 1.165) is 101 Å². The Labute approximate surface area is 252 Å². The van der Waals surface area contributed by atoms with Crippen LogP contribution in [0.1, 0.15) is 41.1 Å². The summed E-state index contributed by atoms with van der Waals surface area (Å²) in [7, 11) is 2.01. The lowest BCUT2D eigenvalue weighted by molar-refractivity contribution is -0.156. The Balaban J connectivity index is 0.00000353. The van der Waals surface area contributed by atoms with Crippen LogP contribution in [0.3, 0.4) is 0 Å². The van der Waals surface area contributed by atoms with Gasteiger partial charge in [-0.2, -0.15) is 13.2 Å². The van der Waals surface area contributed by atoms with E-state index in [1.807, 2.05) is 39.1 Å². The fraction of sp³-hybridized carbons (Fsp3) is 0.400. The Bertz CT molecular complexity index is 1730. The van der Waals surface area contributed by atoms with Crippen LogP contribution in [0, 0.1) is 13.8 Å². The average Bonchev–Trinajstić information content (AvgIpc) is 3.47. The fourth-order valence-electron chi connectivity index (χ4n) is 5.63. The summed E-state index contributed by atoms with van der Waals surface area (Å²) in [4.78, 5) is 10.8. The highest BCUT2D eigenvalue weighted by atomic mass is 35.5. The Hall–Kier alpha value is -3.15. The van der Waals surface area contributed by atoms with Crippen LogP contribution in [0.15, 0.2) is 46.0 Å². The van der Waals surface area contributed by atoms with Crippen LogP contribution in [0.5, 0.6) is 0 Å². The lowest BCUT2D eigenvalue weighted by Crippen LogP contribution is -2.27. The van der Waals surface area contributed by atoms with Crippen molar-refractivity contribution in [3.8, 4) is 11.4 Å². The number of pyridine rings is 1. The van der Waals surface area contributed by atoms with Gasteiger partial charge in [0.2, 0.25) is 0 Å². The number of aryl methyl sites for hydroxylation is 2. The van der Waals surface area contributed by atoms with E-state index in [2.05, 4.69) is 41.8 Å². The SMILES string of the molecule is Cc1ccc2c(-c3nnc(SCCCCN4CCc5cc6nc(C(F)(F)F)oc6c(C)c5CC4)n3C)cccc2n1.Cl. The van der Waals surface area contributed by atoms with E-state index in [0.29, 0.717) is 0 Å². The van der Waals surface area contributed by atoms with Crippen molar-refractivity contribution in [1.82, 2.24) is 29.6 Å². The zero-order chi connectivity index (χ0) is 28.7. The Morgan fingerprint density at radius 1 is 0.976 bits per heavy atom. The molecule has 0 N–H and O–H groups in total. The van der Waals surface area contributed by atoms with E-state index >= 15 is 0 Å². The molecule has 0 saturated carbocycles. The maximum Gasteiger partial charge on any atom is 0.468 e. The molecule has 4 heterocycles. The lowest BCUT2D eigenvalue weighted by atomic mass is 9.97. The molecule has 3 aromatic heterocycles. The molecule has 0 bridgehead atoms. The molecule has 0 fully saturated rings. The Morgan fingerprint density at radius 2 is 1.79 bits per heavy atom. The van der Waals surface area contributed by atoms with Crippen LogP contribution in [0.25, 0.3) is 33.4 Å². The van der Waals surface area contributed by atoms with Crippen molar-refractivity contribution < 1.29 is 17.6 Å². The molecular formula is C30H32ClF3N6OS. The third-order valence-corrected chi connectivity index (χ3v) is 8.92. The highest BCUT2D eigenvalue weighted by molar-refractivity contribution is 7.99. The maximum atomic E-state index is 13.1. The average molecular weight is 617 g/mol. The molecule has 0 unspecified atom stereocenters. The molecule has 0 amide bonds. The molecule has 1 aliphatic rings. The van der Waals surface area contributed by atoms with E-state index in [1.165, 1.54) is 0 Å². The van der Waals surface area contributed by atoms with Crippen molar-refractivity contribution in [2.24, 2.45) is 7.05 Å². The molecule has 7 nitrogen and oxygen atoms in total. The molecular weight excluding hydrogens is 585 g/mol. The minimum atomic E-state index is -4.58. The predicted molar refractivity (Wildman–Crippen MR) is 161 cm³/mol. The number of hydrogen-bond acceptors (Lipinski definition) is 7. The summed E-state index contributed by atoms with van der Waals surface area (Å²) in [6.45, 7) is 6.56. The number of thioether (sulfide) groups is 1. The molecule has 5 aromatic rings. The molecule has 2 aromatic carbocycles. The molecule has 12 heteroatoms. The first kappa shape index (κ1) is 30.3. The number of halogens is 4. The summed E-state index contributed by atoms with van der Waals surface area (Å²) in [5, 5.41) is 10.9. The Kier molecular flexibility index (Phi) is 8.82. The third-order valence-electron chi connectivity index (χ3n) is 7.81. The van der Waals surface area contributed by atoms with Gasteiger partial charge in [-0.15, -0.1) is 22.6 Å². The van der Waals surface area contributed by atoms with Crippen molar-refractivity contribution in [2.45, 2.75) is 50.9 Å². The number of unbranched alkanes of at least 4 members (excludes halogenated alkanes) is 1. The summed E-state index contributed by atoms with van der Waals surface area (Å²) in [6, 6.07) is 12.0. The van der Waals surface area contributed by atoms with Gasteiger partial charge in [0.05, 0.1) is 5.52 Å². The van der Waals surface area contributed by atoms with Crippen molar-refractivity contribution in [3.05, 3.63) is 64.7 Å². The summed E-state index contributed by atoms with van der Waals surface area (Å²) < 4.78 is 46.5. The van der Waals surface area contributed by atoms with Crippen LogP contribution >= 0.6 is 24.2 Å². The van der Waals surface area contributed by atoms with Crippen LogP contribution in [0.2, 0.25) is 0 Å².